The fourth-order valence-corrected chi connectivity index (χ4v) is 13.1. The van der Waals surface area contributed by atoms with Crippen LogP contribution in [-0.2, 0) is 83.2 Å². The first-order valence-corrected chi connectivity index (χ1v) is 41.7. The van der Waals surface area contributed by atoms with Crippen LogP contribution in [0, 0.1) is 40.0 Å². The molecule has 0 fully saturated rings. The number of benzene rings is 8. The number of aryl methyl sites for hydroxylation is 9. The van der Waals surface area contributed by atoms with E-state index in [-0.39, 0.29) is 59.3 Å². The minimum atomic E-state index is -1.05. The van der Waals surface area contributed by atoms with Crippen molar-refractivity contribution in [2.75, 3.05) is 52.5 Å². The van der Waals surface area contributed by atoms with Crippen molar-refractivity contribution in [1.82, 2.24) is 39.9 Å². The SMILES string of the molecule is CCCOc1ccc2nccc(N)c2c1.CCCc1ccc2ncc(C(=O)O)c(N)c2c1.CCc1ccc2nc(C)c(C(=O)O)c(N)c2c1.CCc1ccc2ncc(C(=O)O)c(N)c2c1.Cc1cc(N)c2c(CCC(C)(C)C)cccc2n1.Cc1cc(N)c2ccccc2n1.Cc1ccc2c(N)ccnc2c1.Cc1ccc2nccc(N)c2c1.O=C=O.O=C=O.O=C=O.O=C=O.O=C=O.O=C=O. The van der Waals surface area contributed by atoms with Crippen molar-refractivity contribution in [2.24, 2.45) is 5.41 Å². The highest BCUT2D eigenvalue weighted by molar-refractivity contribution is 6.06. The molecular weight excluding hydrogens is 1750 g/mol. The first-order chi connectivity index (χ1) is 65.3. The largest absolute Gasteiger partial charge is 0.494 e. The summed E-state index contributed by atoms with van der Waals surface area (Å²) in [5.41, 5.74) is 68.9. The molecule has 708 valence electrons. The van der Waals surface area contributed by atoms with Crippen molar-refractivity contribution in [2.45, 2.75) is 128 Å². The van der Waals surface area contributed by atoms with Crippen LogP contribution in [0.2, 0.25) is 0 Å². The number of rotatable bonds is 12. The number of carboxylic acid groups (broad SMARTS) is 3. The highest BCUT2D eigenvalue weighted by atomic mass is 16.5. The molecule has 0 aliphatic rings. The molecule has 0 aliphatic heterocycles. The maximum atomic E-state index is 11.1. The van der Waals surface area contributed by atoms with Crippen LogP contribution >= 0.6 is 0 Å². The average Bonchev–Trinajstić information content (AvgIpc) is 0.799. The first kappa shape index (κ1) is 113. The zero-order valence-electron chi connectivity index (χ0n) is 77.4. The second-order valence-corrected chi connectivity index (χ2v) is 30.4. The maximum absolute atomic E-state index is 11.1. The van der Waals surface area contributed by atoms with E-state index in [4.69, 9.17) is 123 Å². The summed E-state index contributed by atoms with van der Waals surface area (Å²) in [5.74, 6) is -2.27. The summed E-state index contributed by atoms with van der Waals surface area (Å²) in [6.07, 6.45) is 16.2. The van der Waals surface area contributed by atoms with Crippen LogP contribution in [-0.4, -0.2) is 117 Å². The molecule has 0 atom stereocenters. The summed E-state index contributed by atoms with van der Waals surface area (Å²) in [5, 5.41) is 34.3. The summed E-state index contributed by atoms with van der Waals surface area (Å²) in [6, 6.07) is 58.7. The maximum Gasteiger partial charge on any atom is 0.373 e. The fraction of sp³-hybridized carbons (Fsp3) is 0.206. The number of fused-ring (bicyclic) bond motifs is 8. The first-order valence-electron chi connectivity index (χ1n) is 41.7. The van der Waals surface area contributed by atoms with Crippen molar-refractivity contribution in [3.8, 4) is 5.75 Å². The summed E-state index contributed by atoms with van der Waals surface area (Å²) in [6.45, 7) is 25.5. The van der Waals surface area contributed by atoms with Gasteiger partial charge in [-0.25, -0.2) is 14.4 Å². The number of nitrogen functional groups attached to an aromatic ring is 8. The van der Waals surface area contributed by atoms with Crippen LogP contribution in [0.25, 0.3) is 87.2 Å². The second-order valence-electron chi connectivity index (χ2n) is 30.4. The van der Waals surface area contributed by atoms with Gasteiger partial charge in [0.1, 0.15) is 22.4 Å². The predicted octanol–water partition coefficient (Wildman–Crippen LogP) is 16.5. The Morgan fingerprint density at radius 2 is 0.752 bits per heavy atom. The van der Waals surface area contributed by atoms with Crippen LogP contribution in [0.4, 0.5) is 45.5 Å². The summed E-state index contributed by atoms with van der Waals surface area (Å²) in [7, 11) is 0. The van der Waals surface area contributed by atoms with Gasteiger partial charge < -0.3 is 65.9 Å². The van der Waals surface area contributed by atoms with Crippen molar-refractivity contribution < 1.29 is 92.0 Å². The molecule has 16 aromatic rings. The predicted molar refractivity (Wildman–Crippen MR) is 520 cm³/mol. The number of carboxylic acids is 3. The van der Waals surface area contributed by atoms with Gasteiger partial charge in [0, 0.05) is 114 Å². The number of carbonyl (C=O) groups is 3. The van der Waals surface area contributed by atoms with Crippen molar-refractivity contribution in [3.05, 3.63) is 280 Å². The van der Waals surface area contributed by atoms with Crippen molar-refractivity contribution in [3.63, 3.8) is 0 Å². The van der Waals surface area contributed by atoms with E-state index in [0.717, 1.165) is 190 Å². The van der Waals surface area contributed by atoms with Gasteiger partial charge in [0.25, 0.3) is 0 Å². The molecule has 8 aromatic carbocycles. The van der Waals surface area contributed by atoms with Crippen LogP contribution in [0.1, 0.15) is 149 Å². The van der Waals surface area contributed by atoms with Crippen LogP contribution in [0.5, 0.6) is 5.75 Å². The Morgan fingerprint density at radius 3 is 1.24 bits per heavy atom. The number of pyridine rings is 8. The number of nitrogens with zero attached hydrogens (tertiary/aromatic N) is 8. The number of hydrogen-bond donors (Lipinski definition) is 11. The smallest absolute Gasteiger partial charge is 0.373 e. The van der Waals surface area contributed by atoms with Gasteiger partial charge in [0.05, 0.1) is 73.5 Å². The number of carbonyl (C=O) groups excluding carboxylic acids is 12. The van der Waals surface area contributed by atoms with Crippen molar-refractivity contribution in [1.29, 1.82) is 0 Å². The molecule has 19 N–H and O–H groups in total. The second kappa shape index (κ2) is 58.6. The minimum Gasteiger partial charge on any atom is -0.494 e. The molecular formula is C102H106N16O19. The number of hydrogen-bond acceptors (Lipinski definition) is 32. The number of nitrogens with two attached hydrogens (primary N) is 8. The summed E-state index contributed by atoms with van der Waals surface area (Å²) < 4.78 is 5.53. The summed E-state index contributed by atoms with van der Waals surface area (Å²) >= 11 is 0. The Bertz CT molecular complexity index is 6930. The Morgan fingerprint density at radius 1 is 0.350 bits per heavy atom. The van der Waals surface area contributed by atoms with E-state index in [1.807, 2.05) is 199 Å². The molecule has 8 aromatic heterocycles. The zero-order valence-corrected chi connectivity index (χ0v) is 77.4. The van der Waals surface area contributed by atoms with E-state index in [9.17, 15) is 14.4 Å². The topological polar surface area (TPSA) is 637 Å². The molecule has 0 saturated carbocycles. The molecule has 35 nitrogen and oxygen atoms in total. The molecule has 0 unspecified atom stereocenters. The molecule has 0 amide bonds. The molecule has 0 aliphatic carbocycles. The lowest BCUT2D eigenvalue weighted by Gasteiger charge is -2.18. The third-order valence-electron chi connectivity index (χ3n) is 19.4. The third kappa shape index (κ3) is 36.0. The van der Waals surface area contributed by atoms with Gasteiger partial charge in [-0.05, 0) is 222 Å². The Balaban J connectivity index is 0.000000394. The molecule has 0 radical (unpaired) electrons. The van der Waals surface area contributed by atoms with Crippen LogP contribution in [0.15, 0.2) is 213 Å². The summed E-state index contributed by atoms with van der Waals surface area (Å²) in [4.78, 5) is 165. The highest BCUT2D eigenvalue weighted by Gasteiger charge is 2.19. The van der Waals surface area contributed by atoms with E-state index < -0.39 is 17.9 Å². The molecule has 137 heavy (non-hydrogen) atoms. The zero-order chi connectivity index (χ0) is 103. The Hall–Kier alpha value is -18.1. The molecule has 0 saturated heterocycles. The molecule has 8 heterocycles. The molecule has 16 rings (SSSR count). The molecule has 35 heteroatoms. The van der Waals surface area contributed by atoms with Gasteiger partial charge in [-0.2, -0.15) is 57.5 Å². The van der Waals surface area contributed by atoms with Gasteiger partial charge >= 0.3 is 54.8 Å². The number of aromatic carboxylic acids is 3. The monoisotopic (exact) mass is 1860 g/mol. The van der Waals surface area contributed by atoms with E-state index in [0.29, 0.717) is 33.3 Å². The third-order valence-corrected chi connectivity index (χ3v) is 19.4. The lowest BCUT2D eigenvalue weighted by molar-refractivity contribution is -0.193. The average molecular weight is 1860 g/mol. The van der Waals surface area contributed by atoms with E-state index in [1.165, 1.54) is 29.1 Å². The number of ether oxygens (including phenoxy) is 1. The van der Waals surface area contributed by atoms with Crippen LogP contribution < -0.4 is 50.6 Å². The minimum absolute atomic E-state index is 0.0563. The molecule has 0 spiro atoms. The van der Waals surface area contributed by atoms with Crippen LogP contribution in [0.3, 0.4) is 0 Å². The van der Waals surface area contributed by atoms with Crippen molar-refractivity contribution >= 4 is 188 Å². The highest BCUT2D eigenvalue weighted by Crippen LogP contribution is 2.33. The number of para-hydroxylation sites is 1. The quantitative estimate of drug-likeness (QED) is 0.0541. The normalized spacial score (nSPS) is 9.69. The van der Waals surface area contributed by atoms with Gasteiger partial charge in [0.2, 0.25) is 0 Å². The van der Waals surface area contributed by atoms with Gasteiger partial charge in [-0.15, -0.1) is 0 Å². The fourth-order valence-electron chi connectivity index (χ4n) is 13.1. The standard InChI is InChI=1S/C16H22N2.2C13H14N2O2.C12H12N2O2.C12H14N2O.3C10H10N2.6CO2/c1-11-10-13(17)15-12(8-9-16(2,3)4)6-5-7-14(15)18-11;1-3-8-4-5-10-9(6-8)12(14)11(13(16)17)7(2)15-10;1-2-3-8-4-5-11-9(6-8)12(14)10(7-15-11)13(16)17;1-2-7-3-4-10-8(5-7)11(13)9(6-14-10)12(15)16;1-2-7-15-9-3-4-12-10(8-9)11(13)5-6-14-12;1-7-2-3-10-8(6-7)9(11)4-5-12-10;1-7-2-3-8-9(11)4-5-12-10(8)6-7;1-7-6-9(11)8-4-2-3-5-10(8)12-7;6*2-1-3/h5-7,10H,8-9H2,1-4H3,(H2,17,18);4-6H,3H2,1-2H3,(H2,14,15)(H,16,17);4-7H,2-3H2,1H3,(H2,14,15)(H,16,17);3-6H,2H2,1H3,(H2,13,14)(H,15,16);3-6,8H,2,7H2,1H3,(H2,13,14);3*2-6H,1H3,(H2,11,12);;;;;;. The van der Waals surface area contributed by atoms with Gasteiger partial charge in [-0.3, -0.25) is 39.9 Å². The van der Waals surface area contributed by atoms with E-state index in [1.54, 1.807) is 31.6 Å². The Labute approximate surface area is 787 Å². The van der Waals surface area contributed by atoms with Gasteiger partial charge in [-0.1, -0.05) is 127 Å². The number of aromatic nitrogens is 8. The Kier molecular flexibility index (Phi) is 48.3. The lowest BCUT2D eigenvalue weighted by Crippen LogP contribution is -2.07. The molecule has 0 bridgehead atoms. The van der Waals surface area contributed by atoms with Gasteiger partial charge in [0.15, 0.2) is 0 Å². The lowest BCUT2D eigenvalue weighted by atomic mass is 9.87. The van der Waals surface area contributed by atoms with E-state index >= 15 is 0 Å². The van der Waals surface area contributed by atoms with E-state index in [2.05, 4.69) is 92.7 Å². The number of anilines is 8.